The topological polar surface area (TPSA) is 60.2 Å². The molecule has 4 nitrogen and oxygen atoms in total. The molecule has 0 amide bonds. The number of rotatable bonds is 3. The first-order valence-corrected chi connectivity index (χ1v) is 5.85. The average Bonchev–Trinajstić information content (AvgIpc) is 2.33. The molecule has 0 saturated carbocycles. The van der Waals surface area contributed by atoms with Crippen molar-refractivity contribution < 1.29 is 4.74 Å². The monoisotopic (exact) mass is 221 g/mol. The van der Waals surface area contributed by atoms with Crippen molar-refractivity contribution in [2.24, 2.45) is 5.92 Å². The maximum absolute atomic E-state index is 5.81. The van der Waals surface area contributed by atoms with Gasteiger partial charge in [0.25, 0.3) is 0 Å². The van der Waals surface area contributed by atoms with Crippen LogP contribution in [0.2, 0.25) is 0 Å². The summed E-state index contributed by atoms with van der Waals surface area (Å²) in [5, 5.41) is 3.38. The van der Waals surface area contributed by atoms with Gasteiger partial charge in [-0.15, -0.1) is 0 Å². The lowest BCUT2D eigenvalue weighted by Crippen LogP contribution is -2.38. The van der Waals surface area contributed by atoms with Gasteiger partial charge in [0.05, 0.1) is 5.69 Å². The molecule has 2 unspecified atom stereocenters. The summed E-state index contributed by atoms with van der Waals surface area (Å²) in [4.78, 5) is 4.15. The predicted octanol–water partition coefficient (Wildman–Crippen LogP) is 1.43. The van der Waals surface area contributed by atoms with Gasteiger partial charge in [0.1, 0.15) is 6.10 Å². The van der Waals surface area contributed by atoms with Crippen LogP contribution in [0.3, 0.4) is 0 Å². The largest absolute Gasteiger partial charge is 0.473 e. The first kappa shape index (κ1) is 11.2. The van der Waals surface area contributed by atoms with Gasteiger partial charge in [-0.1, -0.05) is 0 Å². The van der Waals surface area contributed by atoms with Crippen LogP contribution in [0.15, 0.2) is 18.3 Å². The third-order valence-corrected chi connectivity index (χ3v) is 3.10. The lowest BCUT2D eigenvalue weighted by atomic mass is 9.95. The summed E-state index contributed by atoms with van der Waals surface area (Å²) >= 11 is 0. The fourth-order valence-electron chi connectivity index (χ4n) is 2.05. The smallest absolute Gasteiger partial charge is 0.237 e. The first-order valence-electron chi connectivity index (χ1n) is 5.85. The fraction of sp³-hybridized carbons (Fsp3) is 0.583. The Morgan fingerprint density at radius 3 is 3.19 bits per heavy atom. The minimum Gasteiger partial charge on any atom is -0.473 e. The Morgan fingerprint density at radius 1 is 1.62 bits per heavy atom. The molecule has 0 aromatic carbocycles. The van der Waals surface area contributed by atoms with E-state index in [-0.39, 0.29) is 6.10 Å². The van der Waals surface area contributed by atoms with Crippen molar-refractivity contribution in [2.75, 3.05) is 18.8 Å². The van der Waals surface area contributed by atoms with Crippen LogP contribution in [0.4, 0.5) is 5.69 Å². The number of nitrogens with two attached hydrogens (primary N) is 1. The molecule has 16 heavy (non-hydrogen) atoms. The quantitative estimate of drug-likeness (QED) is 0.810. The summed E-state index contributed by atoms with van der Waals surface area (Å²) in [7, 11) is 0. The lowest BCUT2D eigenvalue weighted by Gasteiger charge is -2.28. The molecular formula is C12H19N3O. The second kappa shape index (κ2) is 5.16. The maximum Gasteiger partial charge on any atom is 0.237 e. The molecule has 1 fully saturated rings. The van der Waals surface area contributed by atoms with Crippen LogP contribution in [0.1, 0.15) is 19.8 Å². The van der Waals surface area contributed by atoms with Crippen LogP contribution in [0, 0.1) is 5.92 Å². The van der Waals surface area contributed by atoms with Crippen molar-refractivity contribution in [1.29, 1.82) is 0 Å². The van der Waals surface area contributed by atoms with Gasteiger partial charge in [-0.05, 0) is 38.4 Å². The van der Waals surface area contributed by atoms with Gasteiger partial charge in [0, 0.05) is 18.7 Å². The van der Waals surface area contributed by atoms with Gasteiger partial charge in [-0.3, -0.25) is 0 Å². The summed E-state index contributed by atoms with van der Waals surface area (Å²) in [6, 6.07) is 3.63. The molecule has 1 saturated heterocycles. The second-order valence-corrected chi connectivity index (χ2v) is 4.33. The molecule has 0 radical (unpaired) electrons. The van der Waals surface area contributed by atoms with Gasteiger partial charge in [-0.25, -0.2) is 4.98 Å². The number of ether oxygens (including phenoxy) is 1. The highest BCUT2D eigenvalue weighted by Gasteiger charge is 2.21. The minimum atomic E-state index is 0.157. The number of nitrogen functional groups attached to an aromatic ring is 1. The molecule has 2 rings (SSSR count). The number of aromatic nitrogens is 1. The van der Waals surface area contributed by atoms with E-state index in [0.717, 1.165) is 13.1 Å². The molecule has 0 aliphatic carbocycles. The van der Waals surface area contributed by atoms with E-state index in [1.165, 1.54) is 12.8 Å². The van der Waals surface area contributed by atoms with Gasteiger partial charge in [0.2, 0.25) is 5.88 Å². The summed E-state index contributed by atoms with van der Waals surface area (Å²) in [5.41, 5.74) is 6.40. The van der Waals surface area contributed by atoms with E-state index in [1.807, 2.05) is 12.1 Å². The lowest BCUT2D eigenvalue weighted by molar-refractivity contribution is 0.127. The molecule has 1 aromatic rings. The maximum atomic E-state index is 5.81. The Bertz CT molecular complexity index is 337. The van der Waals surface area contributed by atoms with Crippen molar-refractivity contribution in [3.63, 3.8) is 0 Å². The third-order valence-electron chi connectivity index (χ3n) is 3.10. The summed E-state index contributed by atoms with van der Waals surface area (Å²) < 4.78 is 5.81. The average molecular weight is 221 g/mol. The zero-order valence-electron chi connectivity index (χ0n) is 9.65. The highest BCUT2D eigenvalue weighted by Crippen LogP contribution is 2.22. The van der Waals surface area contributed by atoms with Crippen LogP contribution in [-0.2, 0) is 0 Å². The van der Waals surface area contributed by atoms with E-state index in [9.17, 15) is 0 Å². The van der Waals surface area contributed by atoms with Crippen molar-refractivity contribution in [3.8, 4) is 5.88 Å². The normalized spacial score (nSPS) is 22.7. The van der Waals surface area contributed by atoms with Crippen molar-refractivity contribution in [3.05, 3.63) is 18.3 Å². The van der Waals surface area contributed by atoms with Crippen molar-refractivity contribution in [1.82, 2.24) is 10.3 Å². The summed E-state index contributed by atoms with van der Waals surface area (Å²) in [5.74, 6) is 1.11. The molecule has 3 N–H and O–H groups in total. The summed E-state index contributed by atoms with van der Waals surface area (Å²) in [6.07, 6.45) is 4.29. The Morgan fingerprint density at radius 2 is 2.50 bits per heavy atom. The molecule has 1 aliphatic heterocycles. The van der Waals surface area contributed by atoms with Crippen LogP contribution < -0.4 is 15.8 Å². The second-order valence-electron chi connectivity index (χ2n) is 4.33. The van der Waals surface area contributed by atoms with Crippen LogP contribution in [0.5, 0.6) is 5.88 Å². The fourth-order valence-corrected chi connectivity index (χ4v) is 2.05. The van der Waals surface area contributed by atoms with Gasteiger partial charge in [0.15, 0.2) is 0 Å². The summed E-state index contributed by atoms with van der Waals surface area (Å²) in [6.45, 7) is 4.23. The third kappa shape index (κ3) is 2.64. The van der Waals surface area contributed by atoms with Gasteiger partial charge >= 0.3 is 0 Å². The highest BCUT2D eigenvalue weighted by atomic mass is 16.5. The molecule has 2 atom stereocenters. The van der Waals surface area contributed by atoms with Gasteiger partial charge < -0.3 is 15.8 Å². The number of anilines is 1. The highest BCUT2D eigenvalue weighted by molar-refractivity contribution is 5.46. The Hall–Kier alpha value is -1.29. The minimum absolute atomic E-state index is 0.157. The van der Waals surface area contributed by atoms with E-state index in [1.54, 1.807) is 6.20 Å². The Balaban J connectivity index is 1.96. The van der Waals surface area contributed by atoms with E-state index >= 15 is 0 Å². The molecule has 88 valence electrons. The molecule has 1 aliphatic rings. The molecule has 1 aromatic heterocycles. The van der Waals surface area contributed by atoms with Crippen molar-refractivity contribution in [2.45, 2.75) is 25.9 Å². The SMILES string of the molecule is CC(Oc1ncccc1N)C1CCCNC1. The van der Waals surface area contributed by atoms with Crippen LogP contribution in [-0.4, -0.2) is 24.2 Å². The van der Waals surface area contributed by atoms with Crippen LogP contribution in [0.25, 0.3) is 0 Å². The zero-order valence-corrected chi connectivity index (χ0v) is 9.65. The molecule has 4 heteroatoms. The standard InChI is InChI=1S/C12H19N3O/c1-9(10-4-2-6-14-8-10)16-12-11(13)5-3-7-15-12/h3,5,7,9-10,14H,2,4,6,8,13H2,1H3. The van der Waals surface area contributed by atoms with E-state index in [4.69, 9.17) is 10.5 Å². The first-order chi connectivity index (χ1) is 7.77. The van der Waals surface area contributed by atoms with E-state index < -0.39 is 0 Å². The Kier molecular flexibility index (Phi) is 3.62. The number of pyridine rings is 1. The molecule has 0 spiro atoms. The number of hydrogen-bond donors (Lipinski definition) is 2. The number of nitrogens with one attached hydrogen (secondary N) is 1. The van der Waals surface area contributed by atoms with Gasteiger partial charge in [-0.2, -0.15) is 0 Å². The van der Waals surface area contributed by atoms with E-state index in [2.05, 4.69) is 17.2 Å². The molecule has 2 heterocycles. The number of nitrogens with zero attached hydrogens (tertiary/aromatic N) is 1. The van der Waals surface area contributed by atoms with Crippen molar-refractivity contribution >= 4 is 5.69 Å². The number of hydrogen-bond acceptors (Lipinski definition) is 4. The van der Waals surface area contributed by atoms with E-state index in [0.29, 0.717) is 17.5 Å². The Labute approximate surface area is 96.2 Å². The zero-order chi connectivity index (χ0) is 11.4. The predicted molar refractivity (Wildman–Crippen MR) is 64.3 cm³/mol. The van der Waals surface area contributed by atoms with Crippen LogP contribution >= 0.6 is 0 Å². The molecular weight excluding hydrogens is 202 g/mol. The number of piperidine rings is 1. The molecule has 0 bridgehead atoms.